The van der Waals surface area contributed by atoms with Crippen LogP contribution in [0.4, 0.5) is 26.3 Å². The standard InChI is InChI=1S/C26H35F6NO2/c1-18(2)16-33-24(34)12-20(4)11-19(3)9-7-5-6-8-10-35-17-21-13-22(25(27,28)29)15-23(14-21)26(30,31)32/h11-15,18H,5-10,16-17H2,1-4H3,(H,33,34). The summed E-state index contributed by atoms with van der Waals surface area (Å²) in [4.78, 5) is 11.8. The van der Waals surface area contributed by atoms with Gasteiger partial charge in [-0.25, -0.2) is 0 Å². The predicted molar refractivity (Wildman–Crippen MR) is 125 cm³/mol. The van der Waals surface area contributed by atoms with Crippen molar-refractivity contribution >= 4 is 5.91 Å². The molecule has 0 heterocycles. The summed E-state index contributed by atoms with van der Waals surface area (Å²) >= 11 is 0. The van der Waals surface area contributed by atoms with Gasteiger partial charge in [0.1, 0.15) is 0 Å². The second-order valence-electron chi connectivity index (χ2n) is 9.15. The largest absolute Gasteiger partial charge is 0.416 e. The van der Waals surface area contributed by atoms with Crippen LogP contribution in [0.2, 0.25) is 0 Å². The minimum atomic E-state index is -4.86. The summed E-state index contributed by atoms with van der Waals surface area (Å²) in [6.07, 6.45) is -1.99. The second-order valence-corrected chi connectivity index (χ2v) is 9.15. The van der Waals surface area contributed by atoms with E-state index in [0.717, 1.165) is 36.8 Å². The minimum absolute atomic E-state index is 0.110. The number of benzene rings is 1. The molecule has 198 valence electrons. The molecule has 1 N–H and O–H groups in total. The third-order valence-corrected chi connectivity index (χ3v) is 5.04. The van der Waals surface area contributed by atoms with Gasteiger partial charge in [0.15, 0.2) is 0 Å². The average Bonchev–Trinajstić information content (AvgIpc) is 2.72. The van der Waals surface area contributed by atoms with Crippen LogP contribution in [0, 0.1) is 5.92 Å². The van der Waals surface area contributed by atoms with Gasteiger partial charge in [0.05, 0.1) is 17.7 Å². The van der Waals surface area contributed by atoms with Crippen molar-refractivity contribution in [1.82, 2.24) is 5.32 Å². The van der Waals surface area contributed by atoms with Crippen molar-refractivity contribution in [2.75, 3.05) is 13.2 Å². The Balaban J connectivity index is 2.36. The fourth-order valence-electron chi connectivity index (χ4n) is 3.32. The van der Waals surface area contributed by atoms with E-state index in [9.17, 15) is 31.1 Å². The monoisotopic (exact) mass is 507 g/mol. The topological polar surface area (TPSA) is 38.3 Å². The summed E-state index contributed by atoms with van der Waals surface area (Å²) in [6.45, 7) is 8.48. The molecule has 0 bridgehead atoms. The Hall–Kier alpha value is -2.29. The lowest BCUT2D eigenvalue weighted by molar-refractivity contribution is -0.143. The summed E-state index contributed by atoms with van der Waals surface area (Å²) in [5.41, 5.74) is -0.808. The molecule has 0 aliphatic carbocycles. The number of carbonyl (C=O) groups excluding carboxylic acids is 1. The third kappa shape index (κ3) is 13.4. The number of alkyl halides is 6. The maximum atomic E-state index is 12.9. The first-order chi connectivity index (χ1) is 16.2. The molecule has 0 unspecified atom stereocenters. The highest BCUT2D eigenvalue weighted by molar-refractivity contribution is 5.88. The molecule has 0 spiro atoms. The Kier molecular flexibility index (Phi) is 12.6. The lowest BCUT2D eigenvalue weighted by atomic mass is 10.0. The molecule has 0 atom stereocenters. The fraction of sp³-hybridized carbons (Fsp3) is 0.577. The van der Waals surface area contributed by atoms with Crippen LogP contribution in [0.3, 0.4) is 0 Å². The first-order valence-corrected chi connectivity index (χ1v) is 11.7. The zero-order valence-electron chi connectivity index (χ0n) is 20.7. The highest BCUT2D eigenvalue weighted by Crippen LogP contribution is 2.36. The summed E-state index contributed by atoms with van der Waals surface area (Å²) < 4.78 is 82.7. The smallest absolute Gasteiger partial charge is 0.377 e. The van der Waals surface area contributed by atoms with Crippen LogP contribution in [0.1, 0.15) is 76.5 Å². The van der Waals surface area contributed by atoms with Crippen LogP contribution in [0.5, 0.6) is 0 Å². The molecule has 0 saturated heterocycles. The Morgan fingerprint density at radius 2 is 1.49 bits per heavy atom. The van der Waals surface area contributed by atoms with E-state index in [1.54, 1.807) is 6.08 Å². The van der Waals surface area contributed by atoms with Crippen molar-refractivity contribution in [3.63, 3.8) is 0 Å². The fourth-order valence-corrected chi connectivity index (χ4v) is 3.32. The van der Waals surface area contributed by atoms with E-state index in [1.807, 2.05) is 33.8 Å². The molecule has 1 aromatic rings. The van der Waals surface area contributed by atoms with Crippen LogP contribution in [-0.4, -0.2) is 19.1 Å². The Morgan fingerprint density at radius 1 is 0.914 bits per heavy atom. The zero-order valence-corrected chi connectivity index (χ0v) is 20.7. The molecule has 9 heteroatoms. The second kappa shape index (κ2) is 14.3. The van der Waals surface area contributed by atoms with Crippen LogP contribution < -0.4 is 5.32 Å². The van der Waals surface area contributed by atoms with Crippen molar-refractivity contribution in [3.8, 4) is 0 Å². The average molecular weight is 508 g/mol. The number of carbonyl (C=O) groups is 1. The first kappa shape index (κ1) is 30.7. The van der Waals surface area contributed by atoms with Gasteiger partial charge in [0, 0.05) is 19.2 Å². The van der Waals surface area contributed by atoms with Crippen LogP contribution >= 0.6 is 0 Å². The number of hydrogen-bond donors (Lipinski definition) is 1. The van der Waals surface area contributed by atoms with Gasteiger partial charge in [-0.1, -0.05) is 38.3 Å². The van der Waals surface area contributed by atoms with Gasteiger partial charge in [0.25, 0.3) is 0 Å². The van der Waals surface area contributed by atoms with Crippen molar-refractivity contribution < 1.29 is 35.9 Å². The van der Waals surface area contributed by atoms with Gasteiger partial charge < -0.3 is 10.1 Å². The van der Waals surface area contributed by atoms with Crippen LogP contribution in [0.25, 0.3) is 0 Å². The molecule has 1 rings (SSSR count). The number of ether oxygens (including phenoxy) is 1. The van der Waals surface area contributed by atoms with Crippen molar-refractivity contribution in [3.05, 3.63) is 58.2 Å². The highest BCUT2D eigenvalue weighted by atomic mass is 19.4. The van der Waals surface area contributed by atoms with Gasteiger partial charge in [-0.15, -0.1) is 0 Å². The number of halogens is 6. The first-order valence-electron chi connectivity index (χ1n) is 11.7. The molecule has 0 radical (unpaired) electrons. The van der Waals surface area contributed by atoms with Gasteiger partial charge >= 0.3 is 12.4 Å². The van der Waals surface area contributed by atoms with Crippen molar-refractivity contribution in [2.45, 2.75) is 78.8 Å². The molecule has 35 heavy (non-hydrogen) atoms. The molecule has 0 aliphatic rings. The minimum Gasteiger partial charge on any atom is -0.377 e. The molecule has 1 aromatic carbocycles. The van der Waals surface area contributed by atoms with Gasteiger partial charge in [-0.3, -0.25) is 4.79 Å². The Bertz CT molecular complexity index is 837. The van der Waals surface area contributed by atoms with Gasteiger partial charge in [0.2, 0.25) is 5.91 Å². The quantitative estimate of drug-likeness (QED) is 0.128. The zero-order chi connectivity index (χ0) is 26.6. The number of allylic oxidation sites excluding steroid dienone is 3. The molecule has 0 fully saturated rings. The third-order valence-electron chi connectivity index (χ3n) is 5.04. The molecule has 1 amide bonds. The van der Waals surface area contributed by atoms with Crippen molar-refractivity contribution in [1.29, 1.82) is 0 Å². The van der Waals surface area contributed by atoms with Gasteiger partial charge in [-0.2, -0.15) is 26.3 Å². The SMILES string of the molecule is CC(=CC(=O)NCC(C)C)C=C(C)CCCCCCOCc1cc(C(F)(F)F)cc(C(F)(F)F)c1. The summed E-state index contributed by atoms with van der Waals surface area (Å²) in [6, 6.07) is 1.49. The predicted octanol–water partition coefficient (Wildman–Crippen LogP) is 7.86. The Labute approximate surface area is 203 Å². The van der Waals surface area contributed by atoms with E-state index in [2.05, 4.69) is 5.32 Å². The Morgan fingerprint density at radius 3 is 2.03 bits per heavy atom. The molecular formula is C26H35F6NO2. The molecule has 0 aliphatic heterocycles. The number of amides is 1. The molecule has 0 saturated carbocycles. The van der Waals surface area contributed by atoms with E-state index in [1.165, 1.54) is 0 Å². The number of unbranched alkanes of at least 4 members (excludes halogenated alkanes) is 3. The summed E-state index contributed by atoms with van der Waals surface area (Å²) in [7, 11) is 0. The van der Waals surface area contributed by atoms with E-state index < -0.39 is 23.5 Å². The van der Waals surface area contributed by atoms with E-state index in [-0.39, 0.29) is 30.8 Å². The maximum absolute atomic E-state index is 12.9. The highest BCUT2D eigenvalue weighted by Gasteiger charge is 2.36. The lowest BCUT2D eigenvalue weighted by Crippen LogP contribution is -2.25. The summed E-state index contributed by atoms with van der Waals surface area (Å²) in [5.74, 6) is 0.276. The van der Waals surface area contributed by atoms with E-state index in [4.69, 9.17) is 4.74 Å². The van der Waals surface area contributed by atoms with Crippen LogP contribution in [-0.2, 0) is 28.5 Å². The van der Waals surface area contributed by atoms with Crippen LogP contribution in [0.15, 0.2) is 41.5 Å². The molecule has 0 aromatic heterocycles. The van der Waals surface area contributed by atoms with E-state index in [0.29, 0.717) is 31.0 Å². The number of nitrogens with one attached hydrogen (secondary N) is 1. The normalized spacial score (nSPS) is 13.5. The van der Waals surface area contributed by atoms with Gasteiger partial charge in [-0.05, 0) is 68.4 Å². The van der Waals surface area contributed by atoms with E-state index >= 15 is 0 Å². The molecule has 3 nitrogen and oxygen atoms in total. The molecular weight excluding hydrogens is 472 g/mol. The van der Waals surface area contributed by atoms with Crippen molar-refractivity contribution in [2.24, 2.45) is 5.92 Å². The maximum Gasteiger partial charge on any atom is 0.416 e. The lowest BCUT2D eigenvalue weighted by Gasteiger charge is -2.14. The number of rotatable bonds is 13. The summed E-state index contributed by atoms with van der Waals surface area (Å²) in [5, 5.41) is 2.84. The number of hydrogen-bond acceptors (Lipinski definition) is 2.